The summed E-state index contributed by atoms with van der Waals surface area (Å²) < 4.78 is 1.99. The number of carbonyl (C=O) groups is 1. The lowest BCUT2D eigenvalue weighted by molar-refractivity contribution is 0.100. The molecule has 0 unspecified atom stereocenters. The predicted octanol–water partition coefficient (Wildman–Crippen LogP) is 1.93. The molecule has 0 atom stereocenters. The summed E-state index contributed by atoms with van der Waals surface area (Å²) in [7, 11) is 0. The van der Waals surface area contributed by atoms with Gasteiger partial charge in [-0.1, -0.05) is 19.3 Å². The highest BCUT2D eigenvalue weighted by atomic mass is 16.1. The average Bonchev–Trinajstić information content (AvgIpc) is 2.71. The van der Waals surface area contributed by atoms with Gasteiger partial charge in [-0.15, -0.1) is 0 Å². The number of hydrogen-bond acceptors (Lipinski definition) is 4. The van der Waals surface area contributed by atoms with Crippen LogP contribution < -0.4 is 11.5 Å². The van der Waals surface area contributed by atoms with E-state index >= 15 is 0 Å². The van der Waals surface area contributed by atoms with Crippen molar-refractivity contribution >= 4 is 22.8 Å². The maximum Gasteiger partial charge on any atom is 0.253 e. The van der Waals surface area contributed by atoms with Gasteiger partial charge in [-0.25, -0.2) is 9.97 Å². The summed E-state index contributed by atoms with van der Waals surface area (Å²) in [5.41, 5.74) is 12.8. The summed E-state index contributed by atoms with van der Waals surface area (Å²) in [4.78, 5) is 20.3. The van der Waals surface area contributed by atoms with Gasteiger partial charge in [0.1, 0.15) is 17.3 Å². The molecule has 20 heavy (non-hydrogen) atoms. The number of hydrogen-bond donors (Lipinski definition) is 2. The molecule has 1 aliphatic carbocycles. The molecule has 6 nitrogen and oxygen atoms in total. The van der Waals surface area contributed by atoms with Gasteiger partial charge in [0.25, 0.3) is 5.91 Å². The number of amides is 1. The SMILES string of the molecule is Cc1ncc2c(C(N)=O)c(N)n(C3CCCCC3)c2n1. The Kier molecular flexibility index (Phi) is 3.08. The Hall–Kier alpha value is -2.11. The zero-order valence-corrected chi connectivity index (χ0v) is 11.6. The number of nitrogens with zero attached hydrogens (tertiary/aromatic N) is 3. The highest BCUT2D eigenvalue weighted by Gasteiger charge is 2.26. The summed E-state index contributed by atoms with van der Waals surface area (Å²) >= 11 is 0. The Bertz CT molecular complexity index is 670. The number of nitrogens with two attached hydrogens (primary N) is 2. The first-order chi connectivity index (χ1) is 9.59. The summed E-state index contributed by atoms with van der Waals surface area (Å²) in [5, 5.41) is 0.658. The fourth-order valence-corrected chi connectivity index (χ4v) is 3.16. The van der Waals surface area contributed by atoms with E-state index in [0.717, 1.165) is 18.5 Å². The molecule has 106 valence electrons. The lowest BCUT2D eigenvalue weighted by Crippen LogP contribution is -2.17. The minimum atomic E-state index is -0.519. The zero-order chi connectivity index (χ0) is 14.3. The van der Waals surface area contributed by atoms with Gasteiger partial charge in [-0.05, 0) is 19.8 Å². The van der Waals surface area contributed by atoms with Crippen LogP contribution in [0.1, 0.15) is 54.3 Å². The van der Waals surface area contributed by atoms with E-state index in [-0.39, 0.29) is 0 Å². The first-order valence-corrected chi connectivity index (χ1v) is 7.02. The van der Waals surface area contributed by atoms with E-state index < -0.39 is 5.91 Å². The molecule has 0 saturated heterocycles. The van der Waals surface area contributed by atoms with Crippen LogP contribution in [0.3, 0.4) is 0 Å². The van der Waals surface area contributed by atoms with E-state index in [0.29, 0.717) is 28.6 Å². The zero-order valence-electron chi connectivity index (χ0n) is 11.6. The molecule has 0 bridgehead atoms. The van der Waals surface area contributed by atoms with E-state index in [1.165, 1.54) is 19.3 Å². The normalized spacial score (nSPS) is 16.6. The maximum atomic E-state index is 11.7. The molecule has 1 fully saturated rings. The summed E-state index contributed by atoms with van der Waals surface area (Å²) in [6.45, 7) is 1.83. The summed E-state index contributed by atoms with van der Waals surface area (Å²) in [6, 6.07) is 0.300. The minimum absolute atomic E-state index is 0.300. The Morgan fingerprint density at radius 2 is 2.05 bits per heavy atom. The number of aromatic nitrogens is 3. The summed E-state index contributed by atoms with van der Waals surface area (Å²) in [5.74, 6) is 0.580. The van der Waals surface area contributed by atoms with Crippen molar-refractivity contribution in [2.75, 3.05) is 5.73 Å². The Morgan fingerprint density at radius 3 is 2.70 bits per heavy atom. The molecular formula is C14H19N5O. The molecule has 0 aromatic carbocycles. The number of rotatable bonds is 2. The topological polar surface area (TPSA) is 99.8 Å². The maximum absolute atomic E-state index is 11.7. The molecule has 0 radical (unpaired) electrons. The van der Waals surface area contributed by atoms with Crippen LogP contribution in [-0.2, 0) is 0 Å². The van der Waals surface area contributed by atoms with Crippen LogP contribution >= 0.6 is 0 Å². The Balaban J connectivity index is 2.26. The molecular weight excluding hydrogens is 254 g/mol. The van der Waals surface area contributed by atoms with Crippen molar-refractivity contribution in [3.05, 3.63) is 17.6 Å². The number of nitrogen functional groups attached to an aromatic ring is 1. The second-order valence-corrected chi connectivity index (χ2v) is 5.44. The molecule has 6 heteroatoms. The molecule has 2 heterocycles. The molecule has 1 saturated carbocycles. The van der Waals surface area contributed by atoms with Crippen molar-refractivity contribution in [2.24, 2.45) is 5.73 Å². The van der Waals surface area contributed by atoms with Crippen LogP contribution in [0.5, 0.6) is 0 Å². The van der Waals surface area contributed by atoms with Gasteiger partial charge < -0.3 is 16.0 Å². The molecule has 2 aromatic heterocycles. The Morgan fingerprint density at radius 1 is 1.35 bits per heavy atom. The minimum Gasteiger partial charge on any atom is -0.384 e. The smallest absolute Gasteiger partial charge is 0.253 e. The Labute approximate surface area is 117 Å². The van der Waals surface area contributed by atoms with Crippen molar-refractivity contribution in [1.29, 1.82) is 0 Å². The van der Waals surface area contributed by atoms with E-state index in [1.54, 1.807) is 6.20 Å². The number of fused-ring (bicyclic) bond motifs is 1. The molecule has 0 spiro atoms. The molecule has 1 amide bonds. The van der Waals surface area contributed by atoms with Gasteiger partial charge in [0, 0.05) is 12.2 Å². The quantitative estimate of drug-likeness (QED) is 0.873. The number of aryl methyl sites for hydroxylation is 1. The molecule has 3 rings (SSSR count). The van der Waals surface area contributed by atoms with Gasteiger partial charge in [0.05, 0.1) is 10.9 Å². The number of anilines is 1. The first kappa shape index (κ1) is 12.9. The highest BCUT2D eigenvalue weighted by Crippen LogP contribution is 2.36. The largest absolute Gasteiger partial charge is 0.384 e. The van der Waals surface area contributed by atoms with Crippen LogP contribution in [0.2, 0.25) is 0 Å². The van der Waals surface area contributed by atoms with Gasteiger partial charge >= 0.3 is 0 Å². The van der Waals surface area contributed by atoms with Crippen LogP contribution in [0.4, 0.5) is 5.82 Å². The van der Waals surface area contributed by atoms with Crippen molar-refractivity contribution in [3.63, 3.8) is 0 Å². The predicted molar refractivity (Wildman–Crippen MR) is 77.3 cm³/mol. The second-order valence-electron chi connectivity index (χ2n) is 5.44. The van der Waals surface area contributed by atoms with E-state index in [2.05, 4.69) is 9.97 Å². The van der Waals surface area contributed by atoms with Crippen LogP contribution in [0.25, 0.3) is 11.0 Å². The molecule has 1 aliphatic rings. The van der Waals surface area contributed by atoms with Gasteiger partial charge in [0.15, 0.2) is 0 Å². The average molecular weight is 273 g/mol. The van der Waals surface area contributed by atoms with Gasteiger partial charge in [-0.2, -0.15) is 0 Å². The monoisotopic (exact) mass is 273 g/mol. The molecule has 0 aliphatic heterocycles. The first-order valence-electron chi connectivity index (χ1n) is 7.02. The fraction of sp³-hybridized carbons (Fsp3) is 0.500. The lowest BCUT2D eigenvalue weighted by atomic mass is 9.95. The number of primary amides is 1. The summed E-state index contributed by atoms with van der Waals surface area (Å²) in [6.07, 6.45) is 7.39. The van der Waals surface area contributed by atoms with Crippen LogP contribution in [-0.4, -0.2) is 20.4 Å². The van der Waals surface area contributed by atoms with Crippen molar-refractivity contribution in [1.82, 2.24) is 14.5 Å². The number of carbonyl (C=O) groups excluding carboxylic acids is 1. The van der Waals surface area contributed by atoms with E-state index in [4.69, 9.17) is 11.5 Å². The third-order valence-electron chi connectivity index (χ3n) is 4.09. The molecule has 2 aromatic rings. The third-order valence-corrected chi connectivity index (χ3v) is 4.09. The highest BCUT2D eigenvalue weighted by molar-refractivity contribution is 6.10. The fourth-order valence-electron chi connectivity index (χ4n) is 3.16. The van der Waals surface area contributed by atoms with Crippen molar-refractivity contribution in [3.8, 4) is 0 Å². The van der Waals surface area contributed by atoms with E-state index in [9.17, 15) is 4.79 Å². The second kappa shape index (κ2) is 4.77. The lowest BCUT2D eigenvalue weighted by Gasteiger charge is -2.25. The molecule has 4 N–H and O–H groups in total. The van der Waals surface area contributed by atoms with Crippen LogP contribution in [0, 0.1) is 6.92 Å². The van der Waals surface area contributed by atoms with Crippen molar-refractivity contribution in [2.45, 2.75) is 45.1 Å². The van der Waals surface area contributed by atoms with Crippen molar-refractivity contribution < 1.29 is 4.79 Å². The van der Waals surface area contributed by atoms with Gasteiger partial charge in [-0.3, -0.25) is 4.79 Å². The standard InChI is InChI=1S/C14H19N5O/c1-8-17-7-10-11(13(16)20)12(15)19(14(10)18-8)9-5-3-2-4-6-9/h7,9H,2-6,15H2,1H3,(H2,16,20). The van der Waals surface area contributed by atoms with E-state index in [1.807, 2.05) is 11.5 Å². The van der Waals surface area contributed by atoms with Gasteiger partial charge in [0.2, 0.25) is 0 Å². The third kappa shape index (κ3) is 1.92. The van der Waals surface area contributed by atoms with Crippen LogP contribution in [0.15, 0.2) is 6.20 Å².